The molecule has 2 atom stereocenters. The van der Waals surface area contributed by atoms with Crippen LogP contribution in [0.1, 0.15) is 57.2 Å². The van der Waals surface area contributed by atoms with Crippen molar-refractivity contribution in [3.63, 3.8) is 0 Å². The molecule has 1 fully saturated rings. The highest BCUT2D eigenvalue weighted by Gasteiger charge is 2.27. The van der Waals surface area contributed by atoms with Gasteiger partial charge >= 0.3 is 0 Å². The van der Waals surface area contributed by atoms with E-state index in [0.29, 0.717) is 11.4 Å². The zero-order valence-corrected chi connectivity index (χ0v) is 14.0. The van der Waals surface area contributed by atoms with Gasteiger partial charge in [0.2, 0.25) is 0 Å². The summed E-state index contributed by atoms with van der Waals surface area (Å²) >= 11 is 8.24. The zero-order valence-electron chi connectivity index (χ0n) is 12.4. The maximum atomic E-state index is 6.46. The van der Waals surface area contributed by atoms with Gasteiger partial charge in [-0.25, -0.2) is 4.98 Å². The summed E-state index contributed by atoms with van der Waals surface area (Å²) in [5.41, 5.74) is 1.35. The molecule has 0 aromatic carbocycles. The second kappa shape index (κ2) is 6.11. The molecule has 0 saturated heterocycles. The summed E-state index contributed by atoms with van der Waals surface area (Å²) in [5.74, 6) is 0. The van der Waals surface area contributed by atoms with Crippen molar-refractivity contribution in [3.05, 3.63) is 16.1 Å². The van der Waals surface area contributed by atoms with Crippen molar-refractivity contribution in [3.8, 4) is 0 Å². The highest BCUT2D eigenvalue weighted by atomic mass is 35.5. The maximum Gasteiger partial charge on any atom is 0.107 e. The molecule has 2 rings (SSSR count). The van der Waals surface area contributed by atoms with Gasteiger partial charge in [0.05, 0.1) is 12.2 Å². The molecule has 1 aliphatic carbocycles. The number of halogens is 1. The lowest BCUT2D eigenvalue weighted by atomic mass is 9.93. The lowest BCUT2D eigenvalue weighted by Crippen LogP contribution is -2.40. The highest BCUT2D eigenvalue weighted by Crippen LogP contribution is 2.29. The van der Waals surface area contributed by atoms with Gasteiger partial charge in [0.15, 0.2) is 0 Å². The average Bonchev–Trinajstić information content (AvgIpc) is 2.77. The second-order valence-electron chi connectivity index (χ2n) is 6.66. The van der Waals surface area contributed by atoms with Gasteiger partial charge in [-0.3, -0.25) is 4.90 Å². The molecular weight excluding hydrogens is 276 g/mol. The molecule has 1 aromatic heterocycles. The molecule has 1 aliphatic rings. The molecule has 0 bridgehead atoms. The molecule has 1 saturated carbocycles. The Kier molecular flexibility index (Phi) is 4.91. The Hall–Kier alpha value is -0.120. The minimum Gasteiger partial charge on any atom is -0.295 e. The predicted molar refractivity (Wildman–Crippen MR) is 84.2 cm³/mol. The van der Waals surface area contributed by atoms with E-state index in [-0.39, 0.29) is 5.41 Å². The van der Waals surface area contributed by atoms with Gasteiger partial charge in [-0.15, -0.1) is 22.9 Å². The molecule has 0 spiro atoms. The van der Waals surface area contributed by atoms with E-state index in [1.165, 1.54) is 30.0 Å². The van der Waals surface area contributed by atoms with Crippen molar-refractivity contribution in [2.75, 3.05) is 7.05 Å². The topological polar surface area (TPSA) is 16.1 Å². The van der Waals surface area contributed by atoms with Gasteiger partial charge < -0.3 is 0 Å². The zero-order chi connectivity index (χ0) is 14.0. The van der Waals surface area contributed by atoms with Crippen LogP contribution < -0.4 is 0 Å². The van der Waals surface area contributed by atoms with Crippen molar-refractivity contribution in [2.24, 2.45) is 0 Å². The van der Waals surface area contributed by atoms with Gasteiger partial charge in [0, 0.05) is 22.2 Å². The van der Waals surface area contributed by atoms with E-state index in [2.05, 4.69) is 38.1 Å². The Morgan fingerprint density at radius 1 is 1.37 bits per heavy atom. The molecule has 2 nitrogen and oxygen atoms in total. The first kappa shape index (κ1) is 15.3. The van der Waals surface area contributed by atoms with E-state index < -0.39 is 0 Å². The van der Waals surface area contributed by atoms with Crippen LogP contribution in [0.3, 0.4) is 0 Å². The van der Waals surface area contributed by atoms with Crippen LogP contribution in [0.25, 0.3) is 0 Å². The van der Waals surface area contributed by atoms with Gasteiger partial charge in [0.1, 0.15) is 5.01 Å². The number of thiazole rings is 1. The van der Waals surface area contributed by atoms with E-state index in [1.54, 1.807) is 11.3 Å². The monoisotopic (exact) mass is 300 g/mol. The molecule has 2 unspecified atom stereocenters. The molecular formula is C15H25ClN2S. The smallest absolute Gasteiger partial charge is 0.107 e. The highest BCUT2D eigenvalue weighted by molar-refractivity contribution is 7.09. The minimum absolute atomic E-state index is 0.146. The van der Waals surface area contributed by atoms with Gasteiger partial charge in [-0.1, -0.05) is 33.6 Å². The number of nitrogens with zero attached hydrogens (tertiary/aromatic N) is 2. The Balaban J connectivity index is 1.98. The van der Waals surface area contributed by atoms with Crippen LogP contribution in [0.4, 0.5) is 0 Å². The fourth-order valence-corrected chi connectivity index (χ4v) is 4.18. The Labute approximate surface area is 126 Å². The van der Waals surface area contributed by atoms with Gasteiger partial charge in [-0.05, 0) is 19.9 Å². The number of aromatic nitrogens is 1. The molecule has 4 heteroatoms. The summed E-state index contributed by atoms with van der Waals surface area (Å²) in [6, 6.07) is 0.511. The van der Waals surface area contributed by atoms with Crippen LogP contribution in [0.2, 0.25) is 0 Å². The normalized spacial score (nSPS) is 24.9. The minimum atomic E-state index is 0.146. The van der Waals surface area contributed by atoms with Crippen molar-refractivity contribution in [1.29, 1.82) is 0 Å². The van der Waals surface area contributed by atoms with Crippen molar-refractivity contribution < 1.29 is 0 Å². The largest absolute Gasteiger partial charge is 0.295 e. The lowest BCUT2D eigenvalue weighted by molar-refractivity contribution is 0.188. The third-order valence-corrected chi connectivity index (χ3v) is 5.26. The van der Waals surface area contributed by atoms with Crippen LogP contribution in [-0.4, -0.2) is 28.4 Å². The van der Waals surface area contributed by atoms with E-state index in [4.69, 9.17) is 16.6 Å². The first-order valence-corrected chi connectivity index (χ1v) is 8.49. The van der Waals surface area contributed by atoms with Crippen molar-refractivity contribution >= 4 is 22.9 Å². The van der Waals surface area contributed by atoms with Gasteiger partial charge in [0.25, 0.3) is 0 Å². The number of rotatable bonds is 3. The summed E-state index contributed by atoms with van der Waals surface area (Å²) < 4.78 is 0. The molecule has 0 amide bonds. The summed E-state index contributed by atoms with van der Waals surface area (Å²) in [4.78, 5) is 7.17. The lowest BCUT2D eigenvalue weighted by Gasteiger charge is -2.34. The predicted octanol–water partition coefficient (Wildman–Crippen LogP) is 4.42. The summed E-state index contributed by atoms with van der Waals surface area (Å²) in [6.07, 6.45) is 4.97. The fourth-order valence-electron chi connectivity index (χ4n) is 2.62. The number of hydrogen-bond acceptors (Lipinski definition) is 3. The number of hydrogen-bond donors (Lipinski definition) is 0. The first-order valence-electron chi connectivity index (χ1n) is 7.17. The average molecular weight is 301 g/mol. The third-order valence-electron chi connectivity index (χ3n) is 3.92. The summed E-state index contributed by atoms with van der Waals surface area (Å²) in [7, 11) is 2.18. The molecule has 108 valence electrons. The SMILES string of the molecule is CN(Cc1nc(C(C)(C)C)cs1)C1CCCCC1Cl. The second-order valence-corrected chi connectivity index (χ2v) is 8.16. The standard InChI is InChI=1S/C15H25ClN2S/c1-15(2,3)13-10-19-14(17-13)9-18(4)12-8-6-5-7-11(12)16/h10-12H,5-9H2,1-4H3. The number of alkyl halides is 1. The van der Waals surface area contributed by atoms with Crippen molar-refractivity contribution in [1.82, 2.24) is 9.88 Å². The summed E-state index contributed by atoms with van der Waals surface area (Å²) in [6.45, 7) is 7.57. The first-order chi connectivity index (χ1) is 8.88. The van der Waals surface area contributed by atoms with Crippen LogP contribution in [0.5, 0.6) is 0 Å². The van der Waals surface area contributed by atoms with Crippen LogP contribution in [0.15, 0.2) is 5.38 Å². The quantitative estimate of drug-likeness (QED) is 0.768. The van der Waals surface area contributed by atoms with E-state index in [9.17, 15) is 0 Å². The van der Waals surface area contributed by atoms with Crippen LogP contribution in [0, 0.1) is 0 Å². The van der Waals surface area contributed by atoms with Crippen LogP contribution in [-0.2, 0) is 12.0 Å². The molecule has 0 aliphatic heterocycles. The molecule has 1 heterocycles. The Bertz CT molecular complexity index is 411. The third kappa shape index (κ3) is 3.93. The maximum absolute atomic E-state index is 6.46. The van der Waals surface area contributed by atoms with Crippen LogP contribution >= 0.6 is 22.9 Å². The fraction of sp³-hybridized carbons (Fsp3) is 0.800. The molecule has 1 aromatic rings. The molecule has 19 heavy (non-hydrogen) atoms. The molecule has 0 radical (unpaired) electrons. The Morgan fingerprint density at radius 2 is 2.05 bits per heavy atom. The van der Waals surface area contributed by atoms with E-state index >= 15 is 0 Å². The van der Waals surface area contributed by atoms with Gasteiger partial charge in [-0.2, -0.15) is 0 Å². The van der Waals surface area contributed by atoms with Crippen molar-refractivity contribution in [2.45, 2.75) is 69.8 Å². The summed E-state index contributed by atoms with van der Waals surface area (Å²) in [5, 5.41) is 3.71. The van der Waals surface area contributed by atoms with E-state index in [0.717, 1.165) is 13.0 Å². The Morgan fingerprint density at radius 3 is 2.63 bits per heavy atom. The van der Waals surface area contributed by atoms with E-state index in [1.807, 2.05) is 0 Å². The molecule has 0 N–H and O–H groups in total.